The highest BCUT2D eigenvalue weighted by Crippen LogP contribution is 2.27. The second-order valence-corrected chi connectivity index (χ2v) is 9.92. The molecule has 0 radical (unpaired) electrons. The first kappa shape index (κ1) is 26.1. The largest absolute Gasteiger partial charge is 0.489 e. The number of hydrogen-bond acceptors (Lipinski definition) is 4. The molecule has 5 rings (SSSR count). The Morgan fingerprint density at radius 1 is 0.897 bits per heavy atom. The Hall–Kier alpha value is -4.50. The van der Waals surface area contributed by atoms with Crippen molar-refractivity contribution in [3.8, 4) is 11.4 Å². The highest BCUT2D eigenvalue weighted by atomic mass is 79.9. The first-order valence-electron chi connectivity index (χ1n) is 12.0. The number of benzene rings is 3. The molecular formula is C30H23BrFN3O4. The minimum absolute atomic E-state index is 0.137. The number of amides is 4. The van der Waals surface area contributed by atoms with Crippen LogP contribution >= 0.6 is 15.9 Å². The minimum Gasteiger partial charge on any atom is -0.489 e. The molecule has 0 unspecified atom stereocenters. The van der Waals surface area contributed by atoms with Gasteiger partial charge in [0.25, 0.3) is 11.8 Å². The van der Waals surface area contributed by atoms with E-state index in [4.69, 9.17) is 4.74 Å². The topological polar surface area (TPSA) is 80.6 Å². The lowest BCUT2D eigenvalue weighted by Crippen LogP contribution is -2.54. The molecule has 0 bridgehead atoms. The average Bonchev–Trinajstić information content (AvgIpc) is 3.20. The number of halogens is 2. The number of imide groups is 2. The Bertz CT molecular complexity index is 1610. The van der Waals surface area contributed by atoms with Crippen LogP contribution in [0.15, 0.2) is 88.9 Å². The SMILES string of the molecule is Cc1cc(/C=C2\C(=O)NC(=O)N(c3ccc(Br)cc3)C2=O)c(C)n1-c1ccc(OCc2ccc(F)cc2)cc1. The minimum atomic E-state index is -0.795. The molecular weight excluding hydrogens is 565 g/mol. The predicted octanol–water partition coefficient (Wildman–Crippen LogP) is 6.24. The van der Waals surface area contributed by atoms with Gasteiger partial charge in [-0.2, -0.15) is 0 Å². The lowest BCUT2D eigenvalue weighted by molar-refractivity contribution is -0.122. The quantitative estimate of drug-likeness (QED) is 0.214. The lowest BCUT2D eigenvalue weighted by Gasteiger charge is -2.26. The zero-order valence-corrected chi connectivity index (χ0v) is 22.7. The van der Waals surface area contributed by atoms with Gasteiger partial charge in [-0.25, -0.2) is 14.1 Å². The third-order valence-corrected chi connectivity index (χ3v) is 6.90. The van der Waals surface area contributed by atoms with Gasteiger partial charge in [-0.1, -0.05) is 28.1 Å². The van der Waals surface area contributed by atoms with Crippen LogP contribution in [-0.4, -0.2) is 22.4 Å². The Balaban J connectivity index is 1.39. The van der Waals surface area contributed by atoms with Crippen LogP contribution in [0, 0.1) is 19.7 Å². The molecule has 3 aromatic carbocycles. The number of carbonyl (C=O) groups excluding carboxylic acids is 3. The van der Waals surface area contributed by atoms with Crippen molar-refractivity contribution in [2.45, 2.75) is 20.5 Å². The molecule has 1 saturated heterocycles. The second kappa shape index (κ2) is 10.7. The summed E-state index contributed by atoms with van der Waals surface area (Å²) in [5.41, 5.74) is 4.32. The van der Waals surface area contributed by atoms with Crippen LogP contribution in [0.3, 0.4) is 0 Å². The second-order valence-electron chi connectivity index (χ2n) is 9.01. The third kappa shape index (κ3) is 5.39. The Labute approximate surface area is 232 Å². The van der Waals surface area contributed by atoms with Crippen molar-refractivity contribution in [3.63, 3.8) is 0 Å². The molecule has 0 aliphatic carbocycles. The van der Waals surface area contributed by atoms with Crippen molar-refractivity contribution < 1.29 is 23.5 Å². The number of anilines is 1. The zero-order chi connectivity index (χ0) is 27.7. The van der Waals surface area contributed by atoms with Crippen molar-refractivity contribution in [2.75, 3.05) is 4.90 Å². The van der Waals surface area contributed by atoms with Gasteiger partial charge in [0.1, 0.15) is 23.7 Å². The number of ether oxygens (including phenoxy) is 1. The van der Waals surface area contributed by atoms with Gasteiger partial charge in [-0.05, 0) is 97.8 Å². The van der Waals surface area contributed by atoms with Gasteiger partial charge in [0.15, 0.2) is 0 Å². The molecule has 9 heteroatoms. The first-order valence-corrected chi connectivity index (χ1v) is 12.8. The lowest BCUT2D eigenvalue weighted by atomic mass is 10.1. The summed E-state index contributed by atoms with van der Waals surface area (Å²) in [7, 11) is 0. The maximum atomic E-state index is 13.3. The van der Waals surface area contributed by atoms with Crippen molar-refractivity contribution in [1.82, 2.24) is 9.88 Å². The number of aryl methyl sites for hydroxylation is 1. The summed E-state index contributed by atoms with van der Waals surface area (Å²) >= 11 is 3.33. The Kier molecular flexibility index (Phi) is 7.17. The Morgan fingerprint density at radius 2 is 1.54 bits per heavy atom. The molecule has 1 aliphatic rings. The van der Waals surface area contributed by atoms with Gasteiger partial charge in [-0.3, -0.25) is 14.9 Å². The fourth-order valence-electron chi connectivity index (χ4n) is 4.41. The normalized spacial score (nSPS) is 14.6. The van der Waals surface area contributed by atoms with E-state index in [0.29, 0.717) is 23.6 Å². The molecule has 196 valence electrons. The molecule has 7 nitrogen and oxygen atoms in total. The Morgan fingerprint density at radius 3 is 2.21 bits per heavy atom. The maximum Gasteiger partial charge on any atom is 0.335 e. The maximum absolute atomic E-state index is 13.3. The van der Waals surface area contributed by atoms with E-state index in [1.54, 1.807) is 36.4 Å². The standard InChI is InChI=1S/C30H23BrFN3O4/c1-18-15-21(16-27-28(36)33-30(38)35(29(27)37)25-9-5-22(31)6-10-25)19(2)34(18)24-11-13-26(14-12-24)39-17-20-3-7-23(32)8-4-20/h3-16H,17H2,1-2H3,(H,33,36,38)/b27-16+. The molecule has 0 spiro atoms. The average molecular weight is 588 g/mol. The van der Waals surface area contributed by atoms with E-state index in [9.17, 15) is 18.8 Å². The van der Waals surface area contributed by atoms with Gasteiger partial charge in [0.05, 0.1) is 5.69 Å². The van der Waals surface area contributed by atoms with Crippen molar-refractivity contribution in [2.24, 2.45) is 0 Å². The van der Waals surface area contributed by atoms with Gasteiger partial charge in [-0.15, -0.1) is 0 Å². The van der Waals surface area contributed by atoms with Crippen LogP contribution < -0.4 is 15.0 Å². The van der Waals surface area contributed by atoms with Gasteiger partial charge in [0.2, 0.25) is 0 Å². The van der Waals surface area contributed by atoms with E-state index in [2.05, 4.69) is 21.2 Å². The van der Waals surface area contributed by atoms with Crippen molar-refractivity contribution >= 4 is 45.5 Å². The van der Waals surface area contributed by atoms with Crippen LogP contribution in [-0.2, 0) is 16.2 Å². The van der Waals surface area contributed by atoms with Crippen molar-refractivity contribution in [1.29, 1.82) is 0 Å². The van der Waals surface area contributed by atoms with E-state index in [-0.39, 0.29) is 11.4 Å². The summed E-state index contributed by atoms with van der Waals surface area (Å²) in [6.07, 6.45) is 1.51. The van der Waals surface area contributed by atoms with Crippen LogP contribution in [0.2, 0.25) is 0 Å². The van der Waals surface area contributed by atoms with E-state index in [1.807, 2.05) is 48.7 Å². The van der Waals surface area contributed by atoms with Crippen LogP contribution in [0.1, 0.15) is 22.5 Å². The van der Waals surface area contributed by atoms with Crippen LogP contribution in [0.4, 0.5) is 14.9 Å². The number of hydrogen-bond donors (Lipinski definition) is 1. The fourth-order valence-corrected chi connectivity index (χ4v) is 4.67. The number of aromatic nitrogens is 1. The number of urea groups is 1. The number of barbiturate groups is 1. The van der Waals surface area contributed by atoms with E-state index >= 15 is 0 Å². The monoisotopic (exact) mass is 587 g/mol. The molecule has 1 aliphatic heterocycles. The summed E-state index contributed by atoms with van der Waals surface area (Å²) in [5, 5.41) is 2.26. The fraction of sp³-hybridized carbons (Fsp3) is 0.100. The van der Waals surface area contributed by atoms with Crippen molar-refractivity contribution in [3.05, 3.63) is 117 Å². The summed E-state index contributed by atoms with van der Waals surface area (Å²) < 4.78 is 21.7. The highest BCUT2D eigenvalue weighted by Gasteiger charge is 2.37. The number of rotatable bonds is 6. The number of carbonyl (C=O) groups is 3. The zero-order valence-electron chi connectivity index (χ0n) is 21.1. The molecule has 39 heavy (non-hydrogen) atoms. The predicted molar refractivity (Wildman–Crippen MR) is 149 cm³/mol. The molecule has 1 aromatic heterocycles. The molecule has 1 N–H and O–H groups in total. The molecule has 2 heterocycles. The van der Waals surface area contributed by atoms with Gasteiger partial charge >= 0.3 is 6.03 Å². The summed E-state index contributed by atoms with van der Waals surface area (Å²) in [6.45, 7) is 4.13. The summed E-state index contributed by atoms with van der Waals surface area (Å²) in [6, 6.07) is 21.4. The smallest absolute Gasteiger partial charge is 0.335 e. The van der Waals surface area contributed by atoms with Crippen LogP contribution in [0.25, 0.3) is 11.8 Å². The van der Waals surface area contributed by atoms with Gasteiger partial charge < -0.3 is 9.30 Å². The van der Waals surface area contributed by atoms with E-state index < -0.39 is 17.8 Å². The number of nitrogens with zero attached hydrogens (tertiary/aromatic N) is 2. The van der Waals surface area contributed by atoms with Gasteiger partial charge in [0, 0.05) is 21.5 Å². The molecule has 4 aromatic rings. The number of nitrogens with one attached hydrogen (secondary N) is 1. The van der Waals surface area contributed by atoms with E-state index in [0.717, 1.165) is 32.0 Å². The van der Waals surface area contributed by atoms with Crippen LogP contribution in [0.5, 0.6) is 5.75 Å². The molecule has 0 saturated carbocycles. The third-order valence-electron chi connectivity index (χ3n) is 6.37. The molecule has 0 atom stereocenters. The first-order chi connectivity index (χ1) is 18.7. The highest BCUT2D eigenvalue weighted by molar-refractivity contribution is 9.10. The summed E-state index contributed by atoms with van der Waals surface area (Å²) in [4.78, 5) is 39.3. The molecule has 4 amide bonds. The molecule has 1 fully saturated rings. The summed E-state index contributed by atoms with van der Waals surface area (Å²) in [5.74, 6) is -1.07. The van der Waals surface area contributed by atoms with E-state index in [1.165, 1.54) is 18.2 Å².